The Morgan fingerprint density at radius 1 is 1.09 bits per heavy atom. The minimum Gasteiger partial charge on any atom is -0.439 e. The molecule has 1 fully saturated rings. The van der Waals surface area contributed by atoms with Gasteiger partial charge in [-0.1, -0.05) is 25.8 Å². The van der Waals surface area contributed by atoms with E-state index in [1.54, 1.807) is 24.4 Å². The summed E-state index contributed by atoms with van der Waals surface area (Å²) in [5.74, 6) is -1.49. The van der Waals surface area contributed by atoms with Crippen LogP contribution in [0.3, 0.4) is 0 Å². The lowest BCUT2D eigenvalue weighted by atomic mass is 9.86. The average molecular weight is 644 g/mol. The minimum absolute atomic E-state index is 0.0901. The predicted molar refractivity (Wildman–Crippen MR) is 167 cm³/mol. The number of anilines is 1. The van der Waals surface area contributed by atoms with Crippen LogP contribution in [0.2, 0.25) is 0 Å². The van der Waals surface area contributed by atoms with E-state index in [-0.39, 0.29) is 28.1 Å². The fourth-order valence-corrected chi connectivity index (χ4v) is 6.03. The third-order valence-electron chi connectivity index (χ3n) is 7.81. The van der Waals surface area contributed by atoms with Crippen molar-refractivity contribution >= 4 is 27.5 Å². The number of likely N-dealkylation sites (tertiary alicyclic amines) is 1. The van der Waals surface area contributed by atoms with Crippen LogP contribution in [0.5, 0.6) is 11.6 Å². The number of ether oxygens (including phenoxy) is 1. The molecule has 1 aliphatic rings. The number of primary amides is 1. The zero-order chi connectivity index (χ0) is 32.6. The summed E-state index contributed by atoms with van der Waals surface area (Å²) in [6, 6.07) is 10.9. The Bertz CT molecular complexity index is 1580. The molecule has 1 unspecified atom stereocenters. The number of halogens is 2. The van der Waals surface area contributed by atoms with Crippen molar-refractivity contribution in [1.82, 2.24) is 15.2 Å². The molecular formula is C32H39F2N5O5S. The number of pyridine rings is 1. The third-order valence-corrected chi connectivity index (χ3v) is 8.94. The molecule has 4 N–H and O–H groups in total. The van der Waals surface area contributed by atoms with E-state index in [0.717, 1.165) is 63.1 Å². The molecule has 1 atom stereocenters. The van der Waals surface area contributed by atoms with E-state index in [9.17, 15) is 26.8 Å². The number of benzene rings is 2. The van der Waals surface area contributed by atoms with Crippen LogP contribution in [0.15, 0.2) is 59.6 Å². The number of unbranched alkanes of at least 4 members (excludes halogenated alkanes) is 1. The van der Waals surface area contributed by atoms with Gasteiger partial charge in [-0.2, -0.15) is 0 Å². The summed E-state index contributed by atoms with van der Waals surface area (Å²) in [5, 5.41) is 5.47. The van der Waals surface area contributed by atoms with E-state index in [1.165, 1.54) is 12.1 Å². The highest BCUT2D eigenvalue weighted by molar-refractivity contribution is 7.90. The van der Waals surface area contributed by atoms with Gasteiger partial charge in [-0.05, 0) is 79.7 Å². The number of carbonyl (C=O) groups is 2. The van der Waals surface area contributed by atoms with Gasteiger partial charge in [-0.15, -0.1) is 0 Å². The maximum Gasteiger partial charge on any atom is 0.319 e. The Hall–Kier alpha value is -4.10. The van der Waals surface area contributed by atoms with Gasteiger partial charge in [0.1, 0.15) is 17.4 Å². The summed E-state index contributed by atoms with van der Waals surface area (Å²) in [6.45, 7) is 4.43. The van der Waals surface area contributed by atoms with Crippen molar-refractivity contribution in [1.29, 1.82) is 0 Å². The first kappa shape index (κ1) is 33.8. The number of sulfone groups is 1. The quantitative estimate of drug-likeness (QED) is 0.233. The SMILES string of the molecule is CCCCC(NC(=O)Nc1cc(CC(N)=O)c(F)cc1F)C1CCN(Cc2ccc(Oc3ccc(S(C)(=O)=O)cc3)nc2)CC1. The number of nitrogens with zero attached hydrogens (tertiary/aromatic N) is 2. The maximum absolute atomic E-state index is 14.4. The zero-order valence-corrected chi connectivity index (χ0v) is 26.2. The second-order valence-electron chi connectivity index (χ2n) is 11.4. The highest BCUT2D eigenvalue weighted by Gasteiger charge is 2.28. The fourth-order valence-electron chi connectivity index (χ4n) is 5.40. The molecule has 3 aromatic rings. The molecule has 0 radical (unpaired) electrons. The molecule has 13 heteroatoms. The monoisotopic (exact) mass is 643 g/mol. The van der Waals surface area contributed by atoms with Crippen LogP contribution in [-0.4, -0.2) is 55.6 Å². The average Bonchev–Trinajstić information content (AvgIpc) is 2.99. The van der Waals surface area contributed by atoms with Crippen molar-refractivity contribution in [3.05, 3.63) is 77.5 Å². The molecule has 45 heavy (non-hydrogen) atoms. The molecule has 0 bridgehead atoms. The normalized spacial score (nSPS) is 14.9. The van der Waals surface area contributed by atoms with Gasteiger partial charge in [0.25, 0.3) is 0 Å². The Labute approximate surface area is 262 Å². The van der Waals surface area contributed by atoms with Gasteiger partial charge in [0.15, 0.2) is 9.84 Å². The predicted octanol–water partition coefficient (Wildman–Crippen LogP) is 5.18. The molecule has 1 aliphatic heterocycles. The maximum atomic E-state index is 14.4. The molecule has 0 spiro atoms. The molecule has 2 heterocycles. The molecule has 1 aromatic heterocycles. The van der Waals surface area contributed by atoms with Crippen LogP contribution in [-0.2, 0) is 27.6 Å². The van der Waals surface area contributed by atoms with Crippen LogP contribution >= 0.6 is 0 Å². The summed E-state index contributed by atoms with van der Waals surface area (Å²) in [5.41, 5.74) is 5.86. The summed E-state index contributed by atoms with van der Waals surface area (Å²) in [6.07, 6.45) is 6.87. The van der Waals surface area contributed by atoms with Gasteiger partial charge in [-0.3, -0.25) is 9.69 Å². The lowest BCUT2D eigenvalue weighted by Gasteiger charge is -2.36. The van der Waals surface area contributed by atoms with E-state index >= 15 is 0 Å². The third kappa shape index (κ3) is 9.95. The number of hydrogen-bond acceptors (Lipinski definition) is 7. The van der Waals surface area contributed by atoms with Gasteiger partial charge < -0.3 is 21.1 Å². The van der Waals surface area contributed by atoms with E-state index in [0.29, 0.717) is 24.2 Å². The van der Waals surface area contributed by atoms with Gasteiger partial charge >= 0.3 is 6.03 Å². The van der Waals surface area contributed by atoms with Gasteiger partial charge in [0.2, 0.25) is 11.8 Å². The lowest BCUT2D eigenvalue weighted by Crippen LogP contribution is -2.46. The van der Waals surface area contributed by atoms with Crippen molar-refractivity contribution in [2.45, 2.75) is 62.9 Å². The summed E-state index contributed by atoms with van der Waals surface area (Å²) in [7, 11) is -3.28. The highest BCUT2D eigenvalue weighted by atomic mass is 32.2. The number of hydrogen-bond donors (Lipinski definition) is 3. The first-order chi connectivity index (χ1) is 21.4. The zero-order valence-electron chi connectivity index (χ0n) is 25.4. The molecule has 0 saturated carbocycles. The number of nitrogens with one attached hydrogen (secondary N) is 2. The minimum atomic E-state index is -3.28. The molecule has 3 amide bonds. The van der Waals surface area contributed by atoms with E-state index in [4.69, 9.17) is 10.5 Å². The van der Waals surface area contributed by atoms with Crippen molar-refractivity contribution in [2.75, 3.05) is 24.7 Å². The number of carbonyl (C=O) groups excluding carboxylic acids is 2. The molecule has 242 valence electrons. The topological polar surface area (TPSA) is 144 Å². The molecule has 1 saturated heterocycles. The smallest absolute Gasteiger partial charge is 0.319 e. The van der Waals surface area contributed by atoms with Gasteiger partial charge in [0.05, 0.1) is 17.0 Å². The van der Waals surface area contributed by atoms with E-state index < -0.39 is 39.8 Å². The number of piperidine rings is 1. The molecule has 10 nitrogen and oxygen atoms in total. The van der Waals surface area contributed by atoms with Crippen LogP contribution in [0.4, 0.5) is 19.3 Å². The number of rotatable bonds is 13. The number of nitrogens with two attached hydrogens (primary N) is 1. The molecule has 4 rings (SSSR count). The Balaban J connectivity index is 1.29. The van der Waals surface area contributed by atoms with Crippen LogP contribution in [0.1, 0.15) is 50.2 Å². The van der Waals surface area contributed by atoms with E-state index in [1.807, 2.05) is 6.07 Å². The second-order valence-corrected chi connectivity index (χ2v) is 13.4. The Morgan fingerprint density at radius 2 is 1.80 bits per heavy atom. The van der Waals surface area contributed by atoms with Gasteiger partial charge in [-0.25, -0.2) is 27.0 Å². The largest absolute Gasteiger partial charge is 0.439 e. The molecular weight excluding hydrogens is 604 g/mol. The second kappa shape index (κ2) is 15.3. The highest BCUT2D eigenvalue weighted by Crippen LogP contribution is 2.27. The lowest BCUT2D eigenvalue weighted by molar-refractivity contribution is -0.117. The van der Waals surface area contributed by atoms with Crippen LogP contribution in [0.25, 0.3) is 0 Å². The summed E-state index contributed by atoms with van der Waals surface area (Å²) < 4.78 is 57.4. The van der Waals surface area contributed by atoms with Gasteiger partial charge in [0, 0.05) is 37.2 Å². The van der Waals surface area contributed by atoms with Crippen LogP contribution < -0.4 is 21.1 Å². The Morgan fingerprint density at radius 3 is 2.40 bits per heavy atom. The standard InChI is InChI=1S/C32H39F2N5O5S/c1-3-4-5-28(37-32(41)38-29-16-23(17-30(35)40)26(33)18-27(29)34)22-12-14-39(15-13-22)20-21-6-11-31(36-19-21)44-24-7-9-25(10-8-24)45(2,42)43/h6-11,16,18-19,22,28H,3-5,12-15,17,20H2,1-2H3,(H2,35,40)(H2,37,38,41). The van der Waals surface area contributed by atoms with Crippen LogP contribution in [0, 0.1) is 17.6 Å². The first-order valence-electron chi connectivity index (χ1n) is 14.9. The number of amides is 3. The molecule has 2 aromatic carbocycles. The van der Waals surface area contributed by atoms with Crippen molar-refractivity contribution < 1.29 is 31.5 Å². The van der Waals surface area contributed by atoms with Crippen molar-refractivity contribution in [3.63, 3.8) is 0 Å². The fraction of sp³-hybridized carbons (Fsp3) is 0.406. The first-order valence-corrected chi connectivity index (χ1v) is 16.8. The number of urea groups is 1. The molecule has 0 aliphatic carbocycles. The van der Waals surface area contributed by atoms with E-state index in [2.05, 4.69) is 27.4 Å². The number of aromatic nitrogens is 1. The van der Waals surface area contributed by atoms with Crippen molar-refractivity contribution in [3.8, 4) is 11.6 Å². The Kier molecular flexibility index (Phi) is 11.5. The van der Waals surface area contributed by atoms with Crippen molar-refractivity contribution in [2.24, 2.45) is 11.7 Å². The summed E-state index contributed by atoms with van der Waals surface area (Å²) in [4.78, 5) is 31.0. The summed E-state index contributed by atoms with van der Waals surface area (Å²) >= 11 is 0.